The zero-order valence-electron chi connectivity index (χ0n) is 20.3. The molecule has 180 valence electrons. The quantitative estimate of drug-likeness (QED) is 0.606. The monoisotopic (exact) mass is 464 g/mol. The summed E-state index contributed by atoms with van der Waals surface area (Å²) in [5, 5.41) is 0. The summed E-state index contributed by atoms with van der Waals surface area (Å²) in [6.45, 7) is 8.95. The number of Topliss-reactive ketones (excluding diaryl/α,β-unsaturated/α-hetero) is 1. The van der Waals surface area contributed by atoms with Crippen LogP contribution in [0.4, 0.5) is 5.69 Å². The van der Waals surface area contributed by atoms with E-state index in [-0.39, 0.29) is 30.8 Å². The van der Waals surface area contributed by atoms with Crippen LogP contribution in [0, 0.1) is 19.8 Å². The molecular formula is C27H32N2O5. The van der Waals surface area contributed by atoms with Crippen molar-refractivity contribution >= 4 is 23.3 Å². The molecule has 2 aliphatic rings. The van der Waals surface area contributed by atoms with Crippen molar-refractivity contribution in [2.45, 2.75) is 46.6 Å². The number of benzene rings is 2. The van der Waals surface area contributed by atoms with Gasteiger partial charge in [0.25, 0.3) is 5.91 Å². The van der Waals surface area contributed by atoms with E-state index in [0.29, 0.717) is 41.8 Å². The first kappa shape index (κ1) is 23.8. The maximum atomic E-state index is 13.2. The second-order valence-corrected chi connectivity index (χ2v) is 9.35. The zero-order chi connectivity index (χ0) is 24.4. The average molecular weight is 465 g/mol. The van der Waals surface area contributed by atoms with Crippen LogP contribution in [0.1, 0.15) is 48.2 Å². The molecule has 2 heterocycles. The number of carbonyl (C=O) groups excluding carboxylic acids is 3. The van der Waals surface area contributed by atoms with E-state index in [9.17, 15) is 14.4 Å². The molecule has 0 spiro atoms. The molecule has 2 aromatic carbocycles. The first-order chi connectivity index (χ1) is 16.3. The third-order valence-corrected chi connectivity index (χ3v) is 6.76. The number of aryl methyl sites for hydroxylation is 2. The molecule has 0 aliphatic carbocycles. The molecule has 1 atom stereocenters. The van der Waals surface area contributed by atoms with Crippen LogP contribution in [0.15, 0.2) is 36.4 Å². The Labute approximate surface area is 200 Å². The Hall–Kier alpha value is -3.35. The summed E-state index contributed by atoms with van der Waals surface area (Å²) in [4.78, 5) is 42.3. The fourth-order valence-electron chi connectivity index (χ4n) is 4.62. The maximum Gasteiger partial charge on any atom is 0.265 e. The van der Waals surface area contributed by atoms with Gasteiger partial charge in [-0.1, -0.05) is 25.1 Å². The summed E-state index contributed by atoms with van der Waals surface area (Å²) in [7, 11) is 0. The van der Waals surface area contributed by atoms with Crippen molar-refractivity contribution in [3.8, 4) is 11.5 Å². The maximum absolute atomic E-state index is 13.2. The highest BCUT2D eigenvalue weighted by Gasteiger charge is 2.36. The highest BCUT2D eigenvalue weighted by molar-refractivity contribution is 6.05. The number of ketones is 1. The summed E-state index contributed by atoms with van der Waals surface area (Å²) in [6, 6.07) is 10.1. The number of hydrogen-bond donors (Lipinski definition) is 0. The van der Waals surface area contributed by atoms with Gasteiger partial charge in [0.1, 0.15) is 17.5 Å². The molecule has 34 heavy (non-hydrogen) atoms. The molecule has 2 aliphatic heterocycles. The van der Waals surface area contributed by atoms with Gasteiger partial charge in [-0.25, -0.2) is 0 Å². The zero-order valence-corrected chi connectivity index (χ0v) is 20.3. The molecule has 2 aromatic rings. The van der Waals surface area contributed by atoms with Crippen molar-refractivity contribution in [3.05, 3.63) is 53.1 Å². The van der Waals surface area contributed by atoms with E-state index in [2.05, 4.69) is 6.92 Å². The highest BCUT2D eigenvalue weighted by atomic mass is 16.5. The predicted octanol–water partition coefficient (Wildman–Crippen LogP) is 3.94. The van der Waals surface area contributed by atoms with Crippen LogP contribution in [0.25, 0.3) is 0 Å². The second kappa shape index (κ2) is 9.87. The smallest absolute Gasteiger partial charge is 0.265 e. The Morgan fingerprint density at radius 2 is 1.79 bits per heavy atom. The minimum Gasteiger partial charge on any atom is -0.485 e. The van der Waals surface area contributed by atoms with E-state index in [1.165, 1.54) is 4.90 Å². The largest absolute Gasteiger partial charge is 0.485 e. The fourth-order valence-corrected chi connectivity index (χ4v) is 4.62. The SMILES string of the molecule is Cc1cccc(C)c1OCC(=O)c1ccc2c(c1)N(C(C)C(=O)N1CCC(C)CC1)C(=O)CO2. The van der Waals surface area contributed by atoms with E-state index < -0.39 is 6.04 Å². The van der Waals surface area contributed by atoms with Crippen LogP contribution in [0.2, 0.25) is 0 Å². The summed E-state index contributed by atoms with van der Waals surface area (Å²) in [5.41, 5.74) is 2.77. The van der Waals surface area contributed by atoms with Gasteiger partial charge in [0, 0.05) is 18.7 Å². The molecule has 2 amide bonds. The Bertz CT molecular complexity index is 1080. The van der Waals surface area contributed by atoms with Crippen LogP contribution in [-0.2, 0) is 9.59 Å². The van der Waals surface area contributed by atoms with Gasteiger partial charge in [-0.2, -0.15) is 0 Å². The number of piperidine rings is 1. The summed E-state index contributed by atoms with van der Waals surface area (Å²) >= 11 is 0. The number of para-hydroxylation sites is 1. The van der Waals surface area contributed by atoms with Gasteiger partial charge in [-0.3, -0.25) is 19.3 Å². The number of nitrogens with zero attached hydrogens (tertiary/aromatic N) is 2. The second-order valence-electron chi connectivity index (χ2n) is 9.35. The van der Waals surface area contributed by atoms with Crippen molar-refractivity contribution in [3.63, 3.8) is 0 Å². The Morgan fingerprint density at radius 3 is 2.47 bits per heavy atom. The molecule has 1 saturated heterocycles. The molecule has 7 heteroatoms. The number of amides is 2. The average Bonchev–Trinajstić information content (AvgIpc) is 2.83. The molecule has 1 unspecified atom stereocenters. The Balaban J connectivity index is 1.54. The van der Waals surface area contributed by atoms with Gasteiger partial charge in [0.2, 0.25) is 5.91 Å². The lowest BCUT2D eigenvalue weighted by Gasteiger charge is -2.38. The van der Waals surface area contributed by atoms with E-state index in [1.54, 1.807) is 25.1 Å². The molecule has 7 nitrogen and oxygen atoms in total. The first-order valence-electron chi connectivity index (χ1n) is 11.9. The summed E-state index contributed by atoms with van der Waals surface area (Å²) in [5.74, 6) is 1.19. The van der Waals surface area contributed by atoms with Crippen LogP contribution in [0.3, 0.4) is 0 Å². The van der Waals surface area contributed by atoms with Gasteiger partial charge in [0.05, 0.1) is 5.69 Å². The first-order valence-corrected chi connectivity index (χ1v) is 11.9. The number of rotatable bonds is 6. The highest BCUT2D eigenvalue weighted by Crippen LogP contribution is 2.35. The third-order valence-electron chi connectivity index (χ3n) is 6.76. The topological polar surface area (TPSA) is 76.2 Å². The minimum absolute atomic E-state index is 0.0804. The summed E-state index contributed by atoms with van der Waals surface area (Å²) < 4.78 is 11.4. The number of anilines is 1. The van der Waals surface area contributed by atoms with Crippen LogP contribution in [-0.4, -0.2) is 54.8 Å². The van der Waals surface area contributed by atoms with E-state index in [1.807, 2.05) is 36.9 Å². The molecular weight excluding hydrogens is 432 g/mol. The van der Waals surface area contributed by atoms with Gasteiger partial charge < -0.3 is 14.4 Å². The molecule has 4 rings (SSSR count). The van der Waals surface area contributed by atoms with Crippen molar-refractivity contribution in [1.82, 2.24) is 4.90 Å². The predicted molar refractivity (Wildman–Crippen MR) is 130 cm³/mol. The van der Waals surface area contributed by atoms with Crippen LogP contribution in [0.5, 0.6) is 11.5 Å². The number of hydrogen-bond acceptors (Lipinski definition) is 5. The molecule has 0 aromatic heterocycles. The van der Waals surface area contributed by atoms with Crippen molar-refractivity contribution < 1.29 is 23.9 Å². The minimum atomic E-state index is -0.681. The van der Waals surface area contributed by atoms with E-state index >= 15 is 0 Å². The van der Waals surface area contributed by atoms with Crippen molar-refractivity contribution in [1.29, 1.82) is 0 Å². The third kappa shape index (κ3) is 4.79. The summed E-state index contributed by atoms with van der Waals surface area (Å²) in [6.07, 6.45) is 1.93. The van der Waals surface area contributed by atoms with Gasteiger partial charge in [-0.15, -0.1) is 0 Å². The Morgan fingerprint density at radius 1 is 1.12 bits per heavy atom. The fraction of sp³-hybridized carbons (Fsp3) is 0.444. The number of ether oxygens (including phenoxy) is 2. The van der Waals surface area contributed by atoms with Crippen molar-refractivity contribution in [2.24, 2.45) is 5.92 Å². The number of fused-ring (bicyclic) bond motifs is 1. The lowest BCUT2D eigenvalue weighted by Crippen LogP contribution is -2.53. The van der Waals surface area contributed by atoms with Gasteiger partial charge in [-0.05, 0) is 68.9 Å². The van der Waals surface area contributed by atoms with Gasteiger partial charge in [0.15, 0.2) is 19.0 Å². The van der Waals surface area contributed by atoms with E-state index in [4.69, 9.17) is 9.47 Å². The Kier molecular flexibility index (Phi) is 6.91. The lowest BCUT2D eigenvalue weighted by atomic mass is 9.98. The lowest BCUT2D eigenvalue weighted by molar-refractivity contribution is -0.135. The van der Waals surface area contributed by atoms with Crippen LogP contribution >= 0.6 is 0 Å². The molecule has 1 fully saturated rings. The molecule has 0 N–H and O–H groups in total. The van der Waals surface area contributed by atoms with Crippen LogP contribution < -0.4 is 14.4 Å². The standard InChI is InChI=1S/C27H32N2O5/c1-17-10-12-28(13-11-17)27(32)20(4)29-22-14-21(8-9-24(22)33-16-25(29)31)23(30)15-34-26-18(2)6-5-7-19(26)3/h5-9,14,17,20H,10-13,15-16H2,1-4H3. The number of carbonyl (C=O) groups is 3. The number of likely N-dealkylation sites (tertiary alicyclic amines) is 1. The molecule has 0 radical (unpaired) electrons. The normalized spacial score (nSPS) is 17.1. The molecule has 0 bridgehead atoms. The molecule has 0 saturated carbocycles. The van der Waals surface area contributed by atoms with Crippen molar-refractivity contribution in [2.75, 3.05) is 31.2 Å². The van der Waals surface area contributed by atoms with Gasteiger partial charge >= 0.3 is 0 Å². The van der Waals surface area contributed by atoms with E-state index in [0.717, 1.165) is 24.0 Å².